The first-order chi connectivity index (χ1) is 8.97. The van der Waals surface area contributed by atoms with Gasteiger partial charge in [0.2, 0.25) is 0 Å². The zero-order valence-electron chi connectivity index (χ0n) is 11.1. The fourth-order valence-electron chi connectivity index (χ4n) is 1.68. The minimum Gasteiger partial charge on any atom is -0.398 e. The highest BCUT2D eigenvalue weighted by molar-refractivity contribution is 7.09. The summed E-state index contributed by atoms with van der Waals surface area (Å²) >= 11 is 1.53. The van der Waals surface area contributed by atoms with Crippen LogP contribution in [0.15, 0.2) is 17.6 Å². The smallest absolute Gasteiger partial charge is 0.255 e. The van der Waals surface area contributed by atoms with Gasteiger partial charge in [-0.1, -0.05) is 0 Å². The standard InChI is InChI=1S/C13H16N4OS/c1-7-4-11(14)10(5-15-7)12(18)17-9(3)13-16-8(2)6-19-13/h4-6,9H,1-3H3,(H2,14,15)(H,17,18). The van der Waals surface area contributed by atoms with Crippen LogP contribution in [0.25, 0.3) is 0 Å². The number of hydrogen-bond acceptors (Lipinski definition) is 5. The molecular formula is C13H16N4OS. The molecule has 0 aliphatic rings. The Hall–Kier alpha value is -1.95. The van der Waals surface area contributed by atoms with Crippen LogP contribution >= 0.6 is 11.3 Å². The van der Waals surface area contributed by atoms with Crippen molar-refractivity contribution in [2.75, 3.05) is 5.73 Å². The molecule has 5 nitrogen and oxygen atoms in total. The maximum atomic E-state index is 12.1. The molecule has 1 atom stereocenters. The zero-order chi connectivity index (χ0) is 14.0. The Morgan fingerprint density at radius 1 is 1.42 bits per heavy atom. The van der Waals surface area contributed by atoms with E-state index in [0.29, 0.717) is 11.3 Å². The minimum absolute atomic E-state index is 0.146. The second-order valence-corrected chi connectivity index (χ2v) is 5.32. The SMILES string of the molecule is Cc1cc(N)c(C(=O)NC(C)c2nc(C)cs2)cn1. The number of hydrogen-bond donors (Lipinski definition) is 2. The van der Waals surface area contributed by atoms with Crippen LogP contribution in [0.3, 0.4) is 0 Å². The van der Waals surface area contributed by atoms with Gasteiger partial charge in [0.15, 0.2) is 0 Å². The predicted octanol–water partition coefficient (Wildman–Crippen LogP) is 2.23. The molecule has 6 heteroatoms. The van der Waals surface area contributed by atoms with Gasteiger partial charge in [-0.05, 0) is 26.8 Å². The topological polar surface area (TPSA) is 80.9 Å². The molecule has 2 heterocycles. The summed E-state index contributed by atoms with van der Waals surface area (Å²) < 4.78 is 0. The molecule has 0 saturated carbocycles. The van der Waals surface area contributed by atoms with Crippen molar-refractivity contribution in [2.45, 2.75) is 26.8 Å². The normalized spacial score (nSPS) is 12.2. The lowest BCUT2D eigenvalue weighted by molar-refractivity contribution is 0.0940. The van der Waals surface area contributed by atoms with Gasteiger partial charge in [0.05, 0.1) is 11.6 Å². The van der Waals surface area contributed by atoms with Crippen LogP contribution < -0.4 is 11.1 Å². The van der Waals surface area contributed by atoms with E-state index in [9.17, 15) is 4.79 Å². The van der Waals surface area contributed by atoms with Crippen molar-refractivity contribution >= 4 is 22.9 Å². The lowest BCUT2D eigenvalue weighted by atomic mass is 10.2. The molecule has 1 amide bonds. The van der Waals surface area contributed by atoms with Gasteiger partial charge in [-0.2, -0.15) is 0 Å². The Morgan fingerprint density at radius 2 is 2.16 bits per heavy atom. The van der Waals surface area contributed by atoms with Gasteiger partial charge >= 0.3 is 0 Å². The highest BCUT2D eigenvalue weighted by Gasteiger charge is 2.16. The number of anilines is 1. The molecule has 2 rings (SSSR count). The minimum atomic E-state index is -0.231. The second-order valence-electron chi connectivity index (χ2n) is 4.44. The van der Waals surface area contributed by atoms with Crippen molar-refractivity contribution in [3.05, 3.63) is 39.6 Å². The van der Waals surface area contributed by atoms with E-state index in [-0.39, 0.29) is 11.9 Å². The molecule has 0 bridgehead atoms. The van der Waals surface area contributed by atoms with E-state index >= 15 is 0 Å². The summed E-state index contributed by atoms with van der Waals surface area (Å²) in [6.07, 6.45) is 1.50. The average Bonchev–Trinajstić information content (AvgIpc) is 2.75. The van der Waals surface area contributed by atoms with Crippen LogP contribution in [0.2, 0.25) is 0 Å². The number of aryl methyl sites for hydroxylation is 2. The fourth-order valence-corrected chi connectivity index (χ4v) is 2.48. The van der Waals surface area contributed by atoms with Crippen LogP contribution in [-0.2, 0) is 0 Å². The first kappa shape index (κ1) is 13.5. The van der Waals surface area contributed by atoms with Gasteiger partial charge in [-0.3, -0.25) is 9.78 Å². The summed E-state index contributed by atoms with van der Waals surface area (Å²) in [4.78, 5) is 20.6. The van der Waals surface area contributed by atoms with Crippen LogP contribution in [-0.4, -0.2) is 15.9 Å². The van der Waals surface area contributed by atoms with E-state index in [1.54, 1.807) is 6.07 Å². The molecule has 0 fully saturated rings. The number of rotatable bonds is 3. The lowest BCUT2D eigenvalue weighted by Crippen LogP contribution is -2.27. The van der Waals surface area contributed by atoms with E-state index < -0.39 is 0 Å². The van der Waals surface area contributed by atoms with Crippen molar-refractivity contribution in [2.24, 2.45) is 0 Å². The molecule has 2 aromatic heterocycles. The number of amides is 1. The number of aromatic nitrogens is 2. The quantitative estimate of drug-likeness (QED) is 0.900. The van der Waals surface area contributed by atoms with E-state index in [0.717, 1.165) is 16.4 Å². The number of pyridine rings is 1. The Bertz CT molecular complexity index is 608. The van der Waals surface area contributed by atoms with Crippen molar-refractivity contribution in [3.8, 4) is 0 Å². The van der Waals surface area contributed by atoms with Crippen molar-refractivity contribution in [1.29, 1.82) is 0 Å². The van der Waals surface area contributed by atoms with Crippen LogP contribution in [0, 0.1) is 13.8 Å². The summed E-state index contributed by atoms with van der Waals surface area (Å²) in [7, 11) is 0. The number of carbonyl (C=O) groups excluding carboxylic acids is 1. The number of thiazole rings is 1. The molecule has 3 N–H and O–H groups in total. The highest BCUT2D eigenvalue weighted by Crippen LogP contribution is 2.19. The Kier molecular flexibility index (Phi) is 3.80. The first-order valence-electron chi connectivity index (χ1n) is 5.92. The Morgan fingerprint density at radius 3 is 2.74 bits per heavy atom. The summed E-state index contributed by atoms with van der Waals surface area (Å²) in [5.74, 6) is -0.231. The van der Waals surface area contributed by atoms with Crippen molar-refractivity contribution < 1.29 is 4.79 Å². The maximum absolute atomic E-state index is 12.1. The predicted molar refractivity (Wildman–Crippen MR) is 76.1 cm³/mol. The molecule has 0 aliphatic carbocycles. The van der Waals surface area contributed by atoms with E-state index in [2.05, 4.69) is 15.3 Å². The molecule has 0 aliphatic heterocycles. The summed E-state index contributed by atoms with van der Waals surface area (Å²) in [6, 6.07) is 1.54. The average molecular weight is 276 g/mol. The van der Waals surface area contributed by atoms with Gasteiger partial charge in [-0.25, -0.2) is 4.98 Å². The van der Waals surface area contributed by atoms with E-state index in [1.165, 1.54) is 17.5 Å². The summed E-state index contributed by atoms with van der Waals surface area (Å²) in [5.41, 5.74) is 8.40. The van der Waals surface area contributed by atoms with Crippen molar-refractivity contribution in [3.63, 3.8) is 0 Å². The molecular weight excluding hydrogens is 260 g/mol. The van der Waals surface area contributed by atoms with Gasteiger partial charge in [0.25, 0.3) is 5.91 Å². The third kappa shape index (κ3) is 3.08. The third-order valence-corrected chi connectivity index (χ3v) is 3.82. The first-order valence-corrected chi connectivity index (χ1v) is 6.80. The van der Waals surface area contributed by atoms with Crippen molar-refractivity contribution in [1.82, 2.24) is 15.3 Å². The zero-order valence-corrected chi connectivity index (χ0v) is 11.9. The second kappa shape index (κ2) is 5.36. The molecule has 1 unspecified atom stereocenters. The molecule has 100 valence electrons. The lowest BCUT2D eigenvalue weighted by Gasteiger charge is -2.12. The van der Waals surface area contributed by atoms with Gasteiger partial charge in [-0.15, -0.1) is 11.3 Å². The van der Waals surface area contributed by atoms with Gasteiger partial charge < -0.3 is 11.1 Å². The number of nitrogens with two attached hydrogens (primary N) is 1. The third-order valence-electron chi connectivity index (χ3n) is 2.67. The van der Waals surface area contributed by atoms with Gasteiger partial charge in [0, 0.05) is 28.7 Å². The Balaban J connectivity index is 2.12. The monoisotopic (exact) mass is 276 g/mol. The molecule has 0 aromatic carbocycles. The molecule has 0 saturated heterocycles. The largest absolute Gasteiger partial charge is 0.398 e. The summed E-state index contributed by atoms with van der Waals surface area (Å²) in [5, 5.41) is 5.71. The molecule has 2 aromatic rings. The highest BCUT2D eigenvalue weighted by atomic mass is 32.1. The van der Waals surface area contributed by atoms with E-state index in [4.69, 9.17) is 5.73 Å². The number of nitrogen functional groups attached to an aromatic ring is 1. The molecule has 0 radical (unpaired) electrons. The number of nitrogens with one attached hydrogen (secondary N) is 1. The van der Waals surface area contributed by atoms with Gasteiger partial charge in [0.1, 0.15) is 5.01 Å². The molecule has 0 spiro atoms. The fraction of sp³-hybridized carbons (Fsp3) is 0.308. The van der Waals surface area contributed by atoms with Crippen LogP contribution in [0.4, 0.5) is 5.69 Å². The summed E-state index contributed by atoms with van der Waals surface area (Å²) in [6.45, 7) is 5.66. The number of carbonyl (C=O) groups is 1. The number of nitrogens with zero attached hydrogens (tertiary/aromatic N) is 2. The van der Waals surface area contributed by atoms with Crippen LogP contribution in [0.5, 0.6) is 0 Å². The molecule has 19 heavy (non-hydrogen) atoms. The van der Waals surface area contributed by atoms with Crippen LogP contribution in [0.1, 0.15) is 39.7 Å². The Labute approximate surface area is 115 Å². The van der Waals surface area contributed by atoms with E-state index in [1.807, 2.05) is 26.2 Å². The maximum Gasteiger partial charge on any atom is 0.255 e.